The molecule has 0 bridgehead atoms. The van der Waals surface area contributed by atoms with Gasteiger partial charge in [-0.05, 0) is 17.7 Å². The summed E-state index contributed by atoms with van der Waals surface area (Å²) in [6, 6.07) is 4.21. The maximum absolute atomic E-state index is 10.8. The van der Waals surface area contributed by atoms with E-state index in [0.29, 0.717) is 5.02 Å². The SMILES string of the molecule is N[C@H](c1ccc(Cl)c(Cl)c1)P(=O)(O)O. The van der Waals surface area contributed by atoms with Gasteiger partial charge in [0.15, 0.2) is 0 Å². The van der Waals surface area contributed by atoms with Gasteiger partial charge >= 0.3 is 7.60 Å². The van der Waals surface area contributed by atoms with Crippen LogP contribution in [-0.4, -0.2) is 9.79 Å². The Morgan fingerprint density at radius 3 is 2.29 bits per heavy atom. The highest BCUT2D eigenvalue weighted by molar-refractivity contribution is 7.52. The molecule has 1 atom stereocenters. The average molecular weight is 256 g/mol. The van der Waals surface area contributed by atoms with Gasteiger partial charge in [-0.3, -0.25) is 4.57 Å². The van der Waals surface area contributed by atoms with E-state index in [9.17, 15) is 4.57 Å². The van der Waals surface area contributed by atoms with Gasteiger partial charge in [0.2, 0.25) is 0 Å². The number of halogens is 2. The molecule has 14 heavy (non-hydrogen) atoms. The summed E-state index contributed by atoms with van der Waals surface area (Å²) in [6.07, 6.45) is 0. The lowest BCUT2D eigenvalue weighted by molar-refractivity contribution is 0.359. The van der Waals surface area contributed by atoms with Crippen LogP contribution in [0, 0.1) is 0 Å². The minimum absolute atomic E-state index is 0.216. The molecule has 0 fully saturated rings. The van der Waals surface area contributed by atoms with E-state index in [1.807, 2.05) is 0 Å². The molecule has 78 valence electrons. The van der Waals surface area contributed by atoms with Gasteiger partial charge in [0, 0.05) is 0 Å². The van der Waals surface area contributed by atoms with E-state index in [4.69, 9.17) is 38.7 Å². The smallest absolute Gasteiger partial charge is 0.323 e. The van der Waals surface area contributed by atoms with Crippen molar-refractivity contribution in [3.05, 3.63) is 33.8 Å². The molecular formula is C7H8Cl2NO3P. The van der Waals surface area contributed by atoms with Crippen LogP contribution in [-0.2, 0) is 4.57 Å². The van der Waals surface area contributed by atoms with Crippen molar-refractivity contribution in [2.24, 2.45) is 5.73 Å². The summed E-state index contributed by atoms with van der Waals surface area (Å²) in [5, 5.41) is 0.529. The molecule has 0 aliphatic rings. The topological polar surface area (TPSA) is 83.6 Å². The molecular weight excluding hydrogens is 248 g/mol. The third-order valence-corrected chi connectivity index (χ3v) is 3.41. The van der Waals surface area contributed by atoms with Crippen LogP contribution in [0.25, 0.3) is 0 Å². The number of hydrogen-bond donors (Lipinski definition) is 3. The van der Waals surface area contributed by atoms with Gasteiger partial charge in [0.1, 0.15) is 5.78 Å². The quantitative estimate of drug-likeness (QED) is 0.707. The lowest BCUT2D eigenvalue weighted by atomic mass is 10.2. The first-order valence-corrected chi connectivity index (χ1v) is 6.02. The van der Waals surface area contributed by atoms with Crippen molar-refractivity contribution >= 4 is 30.8 Å². The normalized spacial score (nSPS) is 14.1. The van der Waals surface area contributed by atoms with Gasteiger partial charge in [-0.15, -0.1) is 0 Å². The molecule has 7 heteroatoms. The van der Waals surface area contributed by atoms with Crippen molar-refractivity contribution in [3.8, 4) is 0 Å². The van der Waals surface area contributed by atoms with Crippen LogP contribution in [0.5, 0.6) is 0 Å². The lowest BCUT2D eigenvalue weighted by Gasteiger charge is -2.13. The summed E-state index contributed by atoms with van der Waals surface area (Å²) < 4.78 is 10.8. The molecule has 1 rings (SSSR count). The molecule has 0 unspecified atom stereocenters. The van der Waals surface area contributed by atoms with Crippen molar-refractivity contribution in [2.75, 3.05) is 0 Å². The monoisotopic (exact) mass is 255 g/mol. The molecule has 0 spiro atoms. The van der Waals surface area contributed by atoms with Crippen LogP contribution in [0.3, 0.4) is 0 Å². The molecule has 1 aromatic rings. The Morgan fingerprint density at radius 1 is 1.29 bits per heavy atom. The van der Waals surface area contributed by atoms with Crippen molar-refractivity contribution in [3.63, 3.8) is 0 Å². The van der Waals surface area contributed by atoms with Gasteiger partial charge in [0.05, 0.1) is 10.0 Å². The molecule has 0 saturated carbocycles. The van der Waals surface area contributed by atoms with Crippen LogP contribution < -0.4 is 5.73 Å². The second-order valence-corrected chi connectivity index (χ2v) is 5.26. The van der Waals surface area contributed by atoms with Gasteiger partial charge < -0.3 is 15.5 Å². The maximum atomic E-state index is 10.8. The Hall–Kier alpha value is -0.0900. The summed E-state index contributed by atoms with van der Waals surface area (Å²) in [6.45, 7) is 0. The van der Waals surface area contributed by atoms with Crippen LogP contribution >= 0.6 is 30.8 Å². The van der Waals surface area contributed by atoms with Gasteiger partial charge in [-0.2, -0.15) is 0 Å². The summed E-state index contributed by atoms with van der Waals surface area (Å²) in [5.41, 5.74) is 5.58. The molecule has 1 aromatic carbocycles. The summed E-state index contributed by atoms with van der Waals surface area (Å²) in [5.74, 6) is -1.36. The van der Waals surface area contributed by atoms with E-state index >= 15 is 0 Å². The largest absolute Gasteiger partial charge is 0.346 e. The average Bonchev–Trinajstić information content (AvgIpc) is 2.07. The summed E-state index contributed by atoms with van der Waals surface area (Å²) in [4.78, 5) is 17.6. The molecule has 0 aliphatic heterocycles. The molecule has 4 N–H and O–H groups in total. The highest BCUT2D eigenvalue weighted by Gasteiger charge is 2.26. The number of rotatable bonds is 2. The number of nitrogens with two attached hydrogens (primary N) is 1. The molecule has 4 nitrogen and oxygen atoms in total. The summed E-state index contributed by atoms with van der Waals surface area (Å²) in [7, 11) is -4.34. The molecule has 0 saturated heterocycles. The Labute approximate surface area is 90.8 Å². The zero-order chi connectivity index (χ0) is 10.9. The Bertz CT molecular complexity index is 393. The lowest BCUT2D eigenvalue weighted by Crippen LogP contribution is -2.10. The van der Waals surface area contributed by atoms with E-state index in [2.05, 4.69) is 0 Å². The fourth-order valence-electron chi connectivity index (χ4n) is 0.891. The Kier molecular flexibility index (Phi) is 3.58. The molecule has 0 amide bonds. The van der Waals surface area contributed by atoms with Crippen LogP contribution in [0.2, 0.25) is 10.0 Å². The van der Waals surface area contributed by atoms with Crippen LogP contribution in [0.1, 0.15) is 11.3 Å². The molecule has 0 aromatic heterocycles. The van der Waals surface area contributed by atoms with E-state index < -0.39 is 13.4 Å². The summed E-state index contributed by atoms with van der Waals surface area (Å²) >= 11 is 11.3. The van der Waals surface area contributed by atoms with Crippen LogP contribution in [0.15, 0.2) is 18.2 Å². The van der Waals surface area contributed by atoms with Crippen molar-refractivity contribution < 1.29 is 14.4 Å². The zero-order valence-corrected chi connectivity index (χ0v) is 9.30. The molecule has 0 aliphatic carbocycles. The zero-order valence-electron chi connectivity index (χ0n) is 6.89. The second-order valence-electron chi connectivity index (χ2n) is 2.71. The predicted octanol–water partition coefficient (Wildman–Crippen LogP) is 2.13. The van der Waals surface area contributed by atoms with Gasteiger partial charge in [-0.25, -0.2) is 0 Å². The van der Waals surface area contributed by atoms with Crippen molar-refractivity contribution in [2.45, 2.75) is 5.78 Å². The van der Waals surface area contributed by atoms with E-state index in [1.54, 1.807) is 0 Å². The third kappa shape index (κ3) is 2.70. The first-order chi connectivity index (χ1) is 6.32. The Morgan fingerprint density at radius 2 is 1.86 bits per heavy atom. The number of benzene rings is 1. The highest BCUT2D eigenvalue weighted by Crippen LogP contribution is 2.48. The molecule has 0 heterocycles. The maximum Gasteiger partial charge on any atom is 0.346 e. The van der Waals surface area contributed by atoms with E-state index in [-0.39, 0.29) is 10.6 Å². The number of hydrogen-bond acceptors (Lipinski definition) is 2. The highest BCUT2D eigenvalue weighted by atomic mass is 35.5. The predicted molar refractivity (Wildman–Crippen MR) is 55.4 cm³/mol. The van der Waals surface area contributed by atoms with E-state index in [1.165, 1.54) is 18.2 Å². The van der Waals surface area contributed by atoms with E-state index in [0.717, 1.165) is 0 Å². The van der Waals surface area contributed by atoms with Crippen molar-refractivity contribution in [1.82, 2.24) is 0 Å². The Balaban J connectivity index is 3.09. The minimum Gasteiger partial charge on any atom is -0.323 e. The second kappa shape index (κ2) is 4.19. The molecule has 0 radical (unpaired) electrons. The fourth-order valence-corrected chi connectivity index (χ4v) is 1.75. The standard InChI is InChI=1S/C7H8Cl2NO3P/c8-5-2-1-4(3-6(5)9)7(10)14(11,12)13/h1-3,7H,10H2,(H2,11,12,13)/t7-/m0/s1. The van der Waals surface area contributed by atoms with Gasteiger partial charge in [0.25, 0.3) is 0 Å². The van der Waals surface area contributed by atoms with Gasteiger partial charge in [-0.1, -0.05) is 29.3 Å². The minimum atomic E-state index is -4.34. The van der Waals surface area contributed by atoms with Crippen molar-refractivity contribution in [1.29, 1.82) is 0 Å². The fraction of sp³-hybridized carbons (Fsp3) is 0.143. The first kappa shape index (κ1) is 12.0. The van der Waals surface area contributed by atoms with Crippen LogP contribution in [0.4, 0.5) is 0 Å². The first-order valence-electron chi connectivity index (χ1n) is 3.58. The third-order valence-electron chi connectivity index (χ3n) is 1.65.